The average molecular weight is 505 g/mol. The highest BCUT2D eigenvalue weighted by Gasteiger charge is 2.48. The average Bonchev–Trinajstić information content (AvgIpc) is 3.30. The van der Waals surface area contributed by atoms with Crippen LogP contribution in [0.1, 0.15) is 66.6 Å². The molecule has 8 nitrogen and oxygen atoms in total. The van der Waals surface area contributed by atoms with Gasteiger partial charge in [0.15, 0.2) is 0 Å². The third-order valence-corrected chi connectivity index (χ3v) is 7.08. The fourth-order valence-electron chi connectivity index (χ4n) is 5.20. The molecule has 1 heterocycles. The number of fused-ring (bicyclic) bond motifs is 1. The highest BCUT2D eigenvalue weighted by molar-refractivity contribution is 6.43. The van der Waals surface area contributed by atoms with Gasteiger partial charge in [-0.15, -0.1) is 0 Å². The van der Waals surface area contributed by atoms with E-state index in [1.165, 1.54) is 5.56 Å². The van der Waals surface area contributed by atoms with Crippen LogP contribution in [0, 0.1) is 5.92 Å². The molecule has 1 aliphatic heterocycles. The minimum atomic E-state index is -1.70. The van der Waals surface area contributed by atoms with Gasteiger partial charge in [0.25, 0.3) is 11.8 Å². The van der Waals surface area contributed by atoms with Gasteiger partial charge in [0.05, 0.1) is 18.2 Å². The molecule has 2 unspecified atom stereocenters. The molecule has 0 radical (unpaired) electrons. The third kappa shape index (κ3) is 6.59. The second-order valence-electron chi connectivity index (χ2n) is 10.5. The molecular formula is C28H36BN3O5. The predicted octanol–water partition coefficient (Wildman–Crippen LogP) is 2.60. The molecule has 0 spiro atoms. The molecule has 4 N–H and O–H groups in total. The Morgan fingerprint density at radius 2 is 1.84 bits per heavy atom. The van der Waals surface area contributed by atoms with E-state index in [2.05, 4.69) is 21.9 Å². The Morgan fingerprint density at radius 1 is 1.08 bits per heavy atom. The molecule has 2 aliphatic rings. The van der Waals surface area contributed by atoms with E-state index < -0.39 is 24.6 Å². The highest BCUT2D eigenvalue weighted by atomic mass is 16.7. The van der Waals surface area contributed by atoms with E-state index in [1.54, 1.807) is 0 Å². The van der Waals surface area contributed by atoms with Crippen molar-refractivity contribution in [3.05, 3.63) is 70.8 Å². The van der Waals surface area contributed by atoms with E-state index in [-0.39, 0.29) is 31.2 Å². The Balaban J connectivity index is 1.46. The molecule has 1 aliphatic carbocycles. The van der Waals surface area contributed by atoms with Crippen molar-refractivity contribution < 1.29 is 24.5 Å². The predicted molar refractivity (Wildman–Crippen MR) is 143 cm³/mol. The molecule has 9 heteroatoms. The number of hydrogen-bond donors (Lipinski definition) is 4. The van der Waals surface area contributed by atoms with E-state index in [4.69, 9.17) is 4.84 Å². The number of nitrogens with zero attached hydrogens (tertiary/aromatic N) is 1. The number of carbonyl (C=O) groups excluding carboxylic acids is 2. The van der Waals surface area contributed by atoms with Crippen LogP contribution < -0.4 is 10.6 Å². The van der Waals surface area contributed by atoms with Gasteiger partial charge >= 0.3 is 7.12 Å². The van der Waals surface area contributed by atoms with Gasteiger partial charge in [-0.2, -0.15) is 0 Å². The molecule has 2 amide bonds. The molecule has 2 aromatic rings. The van der Waals surface area contributed by atoms with Crippen molar-refractivity contribution in [2.45, 2.75) is 70.3 Å². The van der Waals surface area contributed by atoms with Crippen molar-refractivity contribution in [3.63, 3.8) is 0 Å². The first-order valence-electron chi connectivity index (χ1n) is 13.1. The molecule has 2 atom stereocenters. The van der Waals surface area contributed by atoms with Crippen LogP contribution in [0.15, 0.2) is 53.7 Å². The molecule has 37 heavy (non-hydrogen) atoms. The highest BCUT2D eigenvalue weighted by Crippen LogP contribution is 2.30. The minimum absolute atomic E-state index is 0.146. The fourth-order valence-corrected chi connectivity index (χ4v) is 5.20. The Hall–Kier alpha value is -3.17. The van der Waals surface area contributed by atoms with Crippen LogP contribution in [-0.4, -0.2) is 52.8 Å². The summed E-state index contributed by atoms with van der Waals surface area (Å²) in [6.45, 7) is 4.05. The molecule has 4 rings (SSSR count). The summed E-state index contributed by atoms with van der Waals surface area (Å²) in [6.07, 6.45) is 4.94. The van der Waals surface area contributed by atoms with Crippen molar-refractivity contribution in [3.8, 4) is 0 Å². The van der Waals surface area contributed by atoms with Gasteiger partial charge in [-0.05, 0) is 60.8 Å². The Labute approximate surface area is 218 Å². The van der Waals surface area contributed by atoms with Crippen LogP contribution in [0.4, 0.5) is 0 Å². The third-order valence-electron chi connectivity index (χ3n) is 7.08. The minimum Gasteiger partial charge on any atom is -0.426 e. The molecule has 0 aromatic heterocycles. The monoisotopic (exact) mass is 505 g/mol. The first-order valence-corrected chi connectivity index (χ1v) is 13.1. The number of hydrogen-bond acceptors (Lipinski definition) is 6. The maximum atomic E-state index is 13.5. The zero-order valence-electron chi connectivity index (χ0n) is 21.6. The van der Waals surface area contributed by atoms with Crippen molar-refractivity contribution in [1.29, 1.82) is 0 Å². The zero-order valence-corrected chi connectivity index (χ0v) is 21.6. The summed E-state index contributed by atoms with van der Waals surface area (Å²) < 4.78 is 0. The maximum Gasteiger partial charge on any atom is 0.475 e. The SMILES string of the molecule is CC(C)CC(NC(=O)C1(Cc2ccccc2)CC(CNC(=O)c2cccc3c2CCCC3)=NO1)B(O)O. The molecular weight excluding hydrogens is 469 g/mol. The fraction of sp³-hybridized carbons (Fsp3) is 0.464. The van der Waals surface area contributed by atoms with Crippen LogP contribution in [0.25, 0.3) is 0 Å². The standard InChI is InChI=1S/C28H36BN3O5/c1-19(2)15-25(29(35)36)31-27(34)28(16-20-9-4-3-5-10-20)17-22(32-37-28)18-30-26(33)24-14-8-12-21-11-6-7-13-23(21)24/h3-5,8-10,12,14,19,25,35-36H,6-7,11,13,15-18H2,1-2H3,(H,30,33)(H,31,34). The largest absolute Gasteiger partial charge is 0.475 e. The van der Waals surface area contributed by atoms with Gasteiger partial charge in [0.2, 0.25) is 5.60 Å². The lowest BCUT2D eigenvalue weighted by Gasteiger charge is -2.29. The summed E-state index contributed by atoms with van der Waals surface area (Å²) in [7, 11) is -1.70. The number of aryl methyl sites for hydroxylation is 1. The summed E-state index contributed by atoms with van der Waals surface area (Å²) in [5.41, 5.74) is 3.14. The molecule has 0 saturated heterocycles. The van der Waals surface area contributed by atoms with E-state index in [0.717, 1.165) is 36.8 Å². The lowest BCUT2D eigenvalue weighted by molar-refractivity contribution is -0.144. The van der Waals surface area contributed by atoms with E-state index in [0.29, 0.717) is 17.7 Å². The number of oxime groups is 1. The van der Waals surface area contributed by atoms with Gasteiger partial charge in [-0.3, -0.25) is 9.59 Å². The first kappa shape index (κ1) is 26.9. The summed E-state index contributed by atoms with van der Waals surface area (Å²) in [4.78, 5) is 32.4. The topological polar surface area (TPSA) is 120 Å². The van der Waals surface area contributed by atoms with Crippen molar-refractivity contribution in [1.82, 2.24) is 10.6 Å². The summed E-state index contributed by atoms with van der Waals surface area (Å²) in [5, 5.41) is 29.6. The number of amides is 2. The summed E-state index contributed by atoms with van der Waals surface area (Å²) in [6, 6.07) is 15.3. The number of benzene rings is 2. The number of rotatable bonds is 10. The van der Waals surface area contributed by atoms with Crippen molar-refractivity contribution >= 4 is 24.6 Å². The van der Waals surface area contributed by atoms with Crippen molar-refractivity contribution in [2.75, 3.05) is 6.54 Å². The van der Waals surface area contributed by atoms with Crippen molar-refractivity contribution in [2.24, 2.45) is 11.1 Å². The van der Waals surface area contributed by atoms with Crippen LogP contribution in [-0.2, 0) is 28.9 Å². The quantitative estimate of drug-likeness (QED) is 0.370. The van der Waals surface area contributed by atoms with Gasteiger partial charge in [-0.25, -0.2) is 0 Å². The lowest BCUT2D eigenvalue weighted by Crippen LogP contribution is -2.56. The van der Waals surface area contributed by atoms with E-state index >= 15 is 0 Å². The summed E-state index contributed by atoms with van der Waals surface area (Å²) in [5.74, 6) is -1.31. The Kier molecular flexibility index (Phi) is 8.66. The van der Waals surface area contributed by atoms with E-state index in [1.807, 2.05) is 56.3 Å². The van der Waals surface area contributed by atoms with E-state index in [9.17, 15) is 19.6 Å². The smallest absolute Gasteiger partial charge is 0.426 e. The Morgan fingerprint density at radius 3 is 2.57 bits per heavy atom. The van der Waals surface area contributed by atoms with Gasteiger partial charge in [-0.1, -0.05) is 61.5 Å². The zero-order chi connectivity index (χ0) is 26.4. The maximum absolute atomic E-state index is 13.5. The molecule has 0 bridgehead atoms. The lowest BCUT2D eigenvalue weighted by atomic mass is 9.74. The van der Waals surface area contributed by atoms with Crippen LogP contribution in [0.2, 0.25) is 0 Å². The first-order chi connectivity index (χ1) is 17.8. The molecule has 0 fully saturated rings. The van der Waals surface area contributed by atoms with Crippen LogP contribution >= 0.6 is 0 Å². The second kappa shape index (κ2) is 11.9. The molecule has 0 saturated carbocycles. The second-order valence-corrected chi connectivity index (χ2v) is 10.5. The molecule has 2 aromatic carbocycles. The van der Waals surface area contributed by atoms with Crippen LogP contribution in [0.5, 0.6) is 0 Å². The van der Waals surface area contributed by atoms with Gasteiger partial charge in [0.1, 0.15) is 0 Å². The number of carbonyl (C=O) groups is 2. The Bertz CT molecular complexity index is 1140. The van der Waals surface area contributed by atoms with Gasteiger partial charge < -0.3 is 25.5 Å². The van der Waals surface area contributed by atoms with Crippen LogP contribution in [0.3, 0.4) is 0 Å². The van der Waals surface area contributed by atoms with Gasteiger partial charge in [0, 0.05) is 18.4 Å². The summed E-state index contributed by atoms with van der Waals surface area (Å²) >= 11 is 0. The molecule has 196 valence electrons. The number of nitrogens with one attached hydrogen (secondary N) is 2. The normalized spacial score (nSPS) is 19.4.